The summed E-state index contributed by atoms with van der Waals surface area (Å²) >= 11 is 7.57. The molecule has 7 heteroatoms. The highest BCUT2D eigenvalue weighted by Gasteiger charge is 2.09. The minimum absolute atomic E-state index is 0.192. The van der Waals surface area contributed by atoms with Crippen LogP contribution in [0.3, 0.4) is 0 Å². The third-order valence-electron chi connectivity index (χ3n) is 4.04. The number of ether oxygens (including phenoxy) is 2. The fourth-order valence-electron chi connectivity index (χ4n) is 2.71. The Hall–Kier alpha value is -2.15. The summed E-state index contributed by atoms with van der Waals surface area (Å²) in [6, 6.07) is 13.1. The molecule has 3 rings (SSSR count). The summed E-state index contributed by atoms with van der Waals surface area (Å²) in [4.78, 5) is 17.5. The number of benzene rings is 2. The SMILES string of the molecule is CCOCCn1c(=NC(=O)Cc2ccc(OC)cc2)sc2cc(Cl)ccc21. The number of aromatic nitrogens is 1. The van der Waals surface area contributed by atoms with Crippen LogP contribution >= 0.6 is 22.9 Å². The molecular weight excluding hydrogens is 384 g/mol. The van der Waals surface area contributed by atoms with Crippen molar-refractivity contribution >= 4 is 39.1 Å². The highest BCUT2D eigenvalue weighted by Crippen LogP contribution is 2.22. The van der Waals surface area contributed by atoms with Gasteiger partial charge in [-0.25, -0.2) is 0 Å². The molecular formula is C20H21ClN2O3S. The van der Waals surface area contributed by atoms with Gasteiger partial charge in [-0.15, -0.1) is 0 Å². The average molecular weight is 405 g/mol. The number of halogens is 1. The van der Waals surface area contributed by atoms with Crippen LogP contribution in [0, 0.1) is 0 Å². The number of thiazole rings is 1. The number of carbonyl (C=O) groups is 1. The minimum atomic E-state index is -0.192. The van der Waals surface area contributed by atoms with Gasteiger partial charge in [-0.1, -0.05) is 35.1 Å². The summed E-state index contributed by atoms with van der Waals surface area (Å²) in [5.74, 6) is 0.571. The fourth-order valence-corrected chi connectivity index (χ4v) is 4.06. The molecule has 0 radical (unpaired) electrons. The van der Waals surface area contributed by atoms with E-state index in [1.54, 1.807) is 7.11 Å². The van der Waals surface area contributed by atoms with E-state index in [2.05, 4.69) is 4.99 Å². The van der Waals surface area contributed by atoms with Gasteiger partial charge < -0.3 is 14.0 Å². The van der Waals surface area contributed by atoms with Crippen molar-refractivity contribution in [3.8, 4) is 5.75 Å². The van der Waals surface area contributed by atoms with Gasteiger partial charge in [0.1, 0.15) is 5.75 Å². The van der Waals surface area contributed by atoms with E-state index in [4.69, 9.17) is 21.1 Å². The Labute approximate surface area is 166 Å². The standard InChI is InChI=1S/C20H21ClN2O3S/c1-3-26-11-10-23-17-9-6-15(21)13-18(17)27-20(23)22-19(24)12-14-4-7-16(25-2)8-5-14/h4-9,13H,3,10-12H2,1-2H3. The Bertz CT molecular complexity index is 993. The van der Waals surface area contributed by atoms with Crippen LogP contribution in [0.2, 0.25) is 5.02 Å². The molecule has 0 saturated carbocycles. The molecule has 27 heavy (non-hydrogen) atoms. The van der Waals surface area contributed by atoms with Gasteiger partial charge in [-0.05, 0) is 42.8 Å². The lowest BCUT2D eigenvalue weighted by molar-refractivity contribution is -0.117. The monoisotopic (exact) mass is 404 g/mol. The Kier molecular flexibility index (Phi) is 6.66. The smallest absolute Gasteiger partial charge is 0.252 e. The lowest BCUT2D eigenvalue weighted by Crippen LogP contribution is -2.20. The Morgan fingerprint density at radius 1 is 1.22 bits per heavy atom. The van der Waals surface area contributed by atoms with Crippen LogP contribution in [0.25, 0.3) is 10.2 Å². The van der Waals surface area contributed by atoms with Crippen molar-refractivity contribution < 1.29 is 14.3 Å². The van der Waals surface area contributed by atoms with Crippen molar-refractivity contribution in [2.45, 2.75) is 19.9 Å². The van der Waals surface area contributed by atoms with Crippen LogP contribution in [-0.4, -0.2) is 30.8 Å². The van der Waals surface area contributed by atoms with Gasteiger partial charge in [0.25, 0.3) is 5.91 Å². The topological polar surface area (TPSA) is 52.8 Å². The molecule has 0 unspecified atom stereocenters. The van der Waals surface area contributed by atoms with E-state index in [0.717, 1.165) is 21.5 Å². The normalized spacial score (nSPS) is 11.9. The summed E-state index contributed by atoms with van der Waals surface area (Å²) < 4.78 is 13.6. The third kappa shape index (κ3) is 4.97. The number of hydrogen-bond acceptors (Lipinski definition) is 4. The first-order valence-corrected chi connectivity index (χ1v) is 9.87. The van der Waals surface area contributed by atoms with Crippen LogP contribution in [0.4, 0.5) is 0 Å². The molecule has 2 aromatic carbocycles. The molecule has 0 aliphatic rings. The number of methoxy groups -OCH3 is 1. The van der Waals surface area contributed by atoms with Crippen LogP contribution in [0.15, 0.2) is 47.5 Å². The first kappa shape index (κ1) is 19.6. The molecule has 0 saturated heterocycles. The largest absolute Gasteiger partial charge is 0.497 e. The lowest BCUT2D eigenvalue weighted by atomic mass is 10.1. The quantitative estimate of drug-likeness (QED) is 0.558. The predicted octanol–water partition coefficient (Wildman–Crippen LogP) is 4.07. The second-order valence-corrected chi connectivity index (χ2v) is 7.32. The van der Waals surface area contributed by atoms with E-state index < -0.39 is 0 Å². The molecule has 0 aliphatic heterocycles. The van der Waals surface area contributed by atoms with Crippen molar-refractivity contribution in [1.82, 2.24) is 4.57 Å². The van der Waals surface area contributed by atoms with Gasteiger partial charge in [-0.2, -0.15) is 4.99 Å². The second-order valence-electron chi connectivity index (χ2n) is 5.88. The average Bonchev–Trinajstić information content (AvgIpc) is 2.98. The van der Waals surface area contributed by atoms with Gasteiger partial charge in [0.2, 0.25) is 0 Å². The van der Waals surface area contributed by atoms with Crippen molar-refractivity contribution in [1.29, 1.82) is 0 Å². The number of hydrogen-bond donors (Lipinski definition) is 0. The highest BCUT2D eigenvalue weighted by atomic mass is 35.5. The van der Waals surface area contributed by atoms with Crippen LogP contribution in [0.5, 0.6) is 5.75 Å². The van der Waals surface area contributed by atoms with E-state index in [1.807, 2.05) is 54.0 Å². The van der Waals surface area contributed by atoms with Crippen molar-refractivity contribution in [3.05, 3.63) is 57.9 Å². The second kappa shape index (κ2) is 9.17. The molecule has 0 aliphatic carbocycles. The molecule has 1 amide bonds. The molecule has 0 atom stereocenters. The Balaban J connectivity index is 1.90. The van der Waals surface area contributed by atoms with E-state index in [1.165, 1.54) is 11.3 Å². The maximum atomic E-state index is 12.5. The predicted molar refractivity (Wildman–Crippen MR) is 109 cm³/mol. The van der Waals surface area contributed by atoms with E-state index in [-0.39, 0.29) is 12.3 Å². The summed E-state index contributed by atoms with van der Waals surface area (Å²) in [6.45, 7) is 3.80. The first-order valence-electron chi connectivity index (χ1n) is 8.68. The van der Waals surface area contributed by atoms with Gasteiger partial charge in [0.15, 0.2) is 4.80 Å². The molecule has 0 bridgehead atoms. The van der Waals surface area contributed by atoms with Crippen molar-refractivity contribution in [2.75, 3.05) is 20.3 Å². The zero-order valence-electron chi connectivity index (χ0n) is 15.3. The van der Waals surface area contributed by atoms with Gasteiger partial charge >= 0.3 is 0 Å². The Morgan fingerprint density at radius 2 is 2.00 bits per heavy atom. The molecule has 1 heterocycles. The summed E-state index contributed by atoms with van der Waals surface area (Å²) in [6.07, 6.45) is 0.241. The van der Waals surface area contributed by atoms with Crippen molar-refractivity contribution in [2.24, 2.45) is 4.99 Å². The fraction of sp³-hybridized carbons (Fsp3) is 0.300. The lowest BCUT2D eigenvalue weighted by Gasteiger charge is -2.05. The van der Waals surface area contributed by atoms with Crippen LogP contribution < -0.4 is 9.54 Å². The number of fused-ring (bicyclic) bond motifs is 1. The van der Waals surface area contributed by atoms with E-state index >= 15 is 0 Å². The van der Waals surface area contributed by atoms with Crippen LogP contribution in [-0.2, 0) is 22.5 Å². The molecule has 0 N–H and O–H groups in total. The molecule has 3 aromatic rings. The first-order chi connectivity index (χ1) is 13.1. The maximum Gasteiger partial charge on any atom is 0.252 e. The van der Waals surface area contributed by atoms with E-state index in [9.17, 15) is 4.79 Å². The summed E-state index contributed by atoms with van der Waals surface area (Å²) in [5.41, 5.74) is 1.90. The minimum Gasteiger partial charge on any atom is -0.497 e. The number of rotatable bonds is 7. The number of carbonyl (C=O) groups excluding carboxylic acids is 1. The zero-order chi connectivity index (χ0) is 19.2. The summed E-state index contributed by atoms with van der Waals surface area (Å²) in [7, 11) is 1.62. The number of nitrogens with zero attached hydrogens (tertiary/aromatic N) is 2. The maximum absolute atomic E-state index is 12.5. The van der Waals surface area contributed by atoms with Gasteiger partial charge in [0.05, 0.1) is 30.4 Å². The summed E-state index contributed by atoms with van der Waals surface area (Å²) in [5, 5.41) is 0.664. The molecule has 1 aromatic heterocycles. The third-order valence-corrected chi connectivity index (χ3v) is 5.32. The molecule has 0 fully saturated rings. The van der Waals surface area contributed by atoms with Gasteiger partial charge in [-0.3, -0.25) is 4.79 Å². The van der Waals surface area contributed by atoms with E-state index in [0.29, 0.717) is 29.6 Å². The highest BCUT2D eigenvalue weighted by molar-refractivity contribution is 7.16. The van der Waals surface area contributed by atoms with Gasteiger partial charge in [0, 0.05) is 18.2 Å². The molecule has 0 spiro atoms. The van der Waals surface area contributed by atoms with Crippen LogP contribution in [0.1, 0.15) is 12.5 Å². The Morgan fingerprint density at radius 3 is 2.70 bits per heavy atom. The molecule has 5 nitrogen and oxygen atoms in total. The number of amides is 1. The molecule has 142 valence electrons. The van der Waals surface area contributed by atoms with Crippen molar-refractivity contribution in [3.63, 3.8) is 0 Å². The zero-order valence-corrected chi connectivity index (χ0v) is 16.8.